The summed E-state index contributed by atoms with van der Waals surface area (Å²) < 4.78 is 6.01. The second kappa shape index (κ2) is 5.58. The van der Waals surface area contributed by atoms with Gasteiger partial charge >= 0.3 is 5.97 Å². The minimum Gasteiger partial charge on any atom is -0.489 e. The molecule has 0 amide bonds. The molecule has 1 atom stereocenters. The number of para-hydroxylation sites is 1. The van der Waals surface area contributed by atoms with Crippen LogP contribution in [0.2, 0.25) is 0 Å². The molecule has 3 rings (SSSR count). The number of hydrogen-bond donors (Lipinski definition) is 2. The van der Waals surface area contributed by atoms with E-state index in [0.29, 0.717) is 5.69 Å². The van der Waals surface area contributed by atoms with Crippen molar-refractivity contribution >= 4 is 17.7 Å². The number of ether oxygens (including phenoxy) is 1. The van der Waals surface area contributed by atoms with Crippen molar-refractivity contribution in [3.63, 3.8) is 0 Å². The Kier molecular flexibility index (Phi) is 3.64. The predicted molar refractivity (Wildman–Crippen MR) is 77.3 cm³/mol. The summed E-state index contributed by atoms with van der Waals surface area (Å²) in [5, 5.41) is 15.5. The van der Waals surface area contributed by atoms with Crippen LogP contribution in [0.5, 0.6) is 5.75 Å². The number of aromatic carboxylic acids is 1. The highest BCUT2D eigenvalue weighted by Crippen LogP contribution is 2.31. The van der Waals surface area contributed by atoms with E-state index in [9.17, 15) is 4.79 Å². The molecule has 1 unspecified atom stereocenters. The molecule has 1 aromatic heterocycles. The first-order valence-corrected chi connectivity index (χ1v) is 7.52. The number of H-pyrrole nitrogens is 1. The van der Waals surface area contributed by atoms with E-state index in [1.54, 1.807) is 0 Å². The lowest BCUT2D eigenvalue weighted by atomic mass is 10.1. The number of carboxylic acid groups (broad SMARTS) is 1. The van der Waals surface area contributed by atoms with Gasteiger partial charge in [-0.1, -0.05) is 12.1 Å². The highest BCUT2D eigenvalue weighted by molar-refractivity contribution is 7.99. The van der Waals surface area contributed by atoms with Crippen LogP contribution in [0.25, 0.3) is 11.3 Å². The largest absolute Gasteiger partial charge is 0.489 e. The first-order chi connectivity index (χ1) is 9.74. The van der Waals surface area contributed by atoms with Gasteiger partial charge in [-0.15, -0.1) is 0 Å². The third-order valence-corrected chi connectivity index (χ3v) is 4.28. The Balaban J connectivity index is 1.89. The molecule has 1 aliphatic rings. The summed E-state index contributed by atoms with van der Waals surface area (Å²) in [6.45, 7) is 0. The van der Waals surface area contributed by atoms with Crippen molar-refractivity contribution in [2.24, 2.45) is 0 Å². The molecule has 0 radical (unpaired) electrons. The fraction of sp³-hybridized carbons (Fsp3) is 0.286. The van der Waals surface area contributed by atoms with Gasteiger partial charge < -0.3 is 9.84 Å². The fourth-order valence-electron chi connectivity index (χ4n) is 2.14. The number of nitrogens with one attached hydrogen (secondary N) is 1. The van der Waals surface area contributed by atoms with Crippen molar-refractivity contribution in [3.8, 4) is 17.0 Å². The van der Waals surface area contributed by atoms with Gasteiger partial charge in [-0.25, -0.2) is 4.79 Å². The zero-order valence-corrected chi connectivity index (χ0v) is 11.5. The van der Waals surface area contributed by atoms with E-state index in [2.05, 4.69) is 10.2 Å². The van der Waals surface area contributed by atoms with E-state index in [-0.39, 0.29) is 11.8 Å². The van der Waals surface area contributed by atoms with Gasteiger partial charge in [0, 0.05) is 11.3 Å². The van der Waals surface area contributed by atoms with Crippen molar-refractivity contribution in [2.45, 2.75) is 12.5 Å². The molecule has 104 valence electrons. The molecule has 1 aliphatic heterocycles. The topological polar surface area (TPSA) is 75.2 Å². The van der Waals surface area contributed by atoms with Crippen LogP contribution in [0.1, 0.15) is 16.9 Å². The Morgan fingerprint density at radius 1 is 1.45 bits per heavy atom. The molecule has 1 fully saturated rings. The van der Waals surface area contributed by atoms with Gasteiger partial charge in [0.1, 0.15) is 17.5 Å². The molecule has 2 heterocycles. The molecular formula is C14H14N2O3S. The number of nitrogens with zero attached hydrogens (tertiary/aromatic N) is 1. The van der Waals surface area contributed by atoms with Gasteiger partial charge in [0.2, 0.25) is 0 Å². The lowest BCUT2D eigenvalue weighted by molar-refractivity contribution is 0.0690. The van der Waals surface area contributed by atoms with Crippen LogP contribution >= 0.6 is 11.8 Å². The average Bonchev–Trinajstić information content (AvgIpc) is 3.10. The molecule has 1 saturated heterocycles. The second-order valence-electron chi connectivity index (χ2n) is 4.57. The molecule has 5 nitrogen and oxygen atoms in total. The molecule has 20 heavy (non-hydrogen) atoms. The van der Waals surface area contributed by atoms with E-state index in [0.717, 1.165) is 29.2 Å². The first-order valence-electron chi connectivity index (χ1n) is 6.36. The van der Waals surface area contributed by atoms with E-state index in [4.69, 9.17) is 9.84 Å². The van der Waals surface area contributed by atoms with Gasteiger partial charge in [-0.3, -0.25) is 5.10 Å². The number of carboxylic acids is 1. The van der Waals surface area contributed by atoms with Crippen molar-refractivity contribution in [1.29, 1.82) is 0 Å². The molecule has 1 aromatic carbocycles. The van der Waals surface area contributed by atoms with Crippen molar-refractivity contribution in [1.82, 2.24) is 10.2 Å². The third kappa shape index (κ3) is 2.65. The number of hydrogen-bond acceptors (Lipinski definition) is 4. The number of benzene rings is 1. The predicted octanol–water partition coefficient (Wildman–Crippen LogP) is 2.66. The van der Waals surface area contributed by atoms with Crippen LogP contribution in [0.15, 0.2) is 30.3 Å². The van der Waals surface area contributed by atoms with Crippen LogP contribution in [-0.4, -0.2) is 38.9 Å². The highest BCUT2D eigenvalue weighted by Gasteiger charge is 2.19. The van der Waals surface area contributed by atoms with E-state index < -0.39 is 5.97 Å². The standard InChI is InChI=1S/C14H14N2O3S/c17-14(18)12-7-11(15-16-12)10-3-1-2-4-13(10)19-9-5-6-20-8-9/h1-4,7,9H,5-6,8H2,(H,15,16)(H,17,18). The van der Waals surface area contributed by atoms with Crippen molar-refractivity contribution < 1.29 is 14.6 Å². The third-order valence-electron chi connectivity index (χ3n) is 3.15. The molecule has 0 bridgehead atoms. The summed E-state index contributed by atoms with van der Waals surface area (Å²) in [4.78, 5) is 10.9. The Morgan fingerprint density at radius 3 is 3.00 bits per heavy atom. The van der Waals surface area contributed by atoms with Crippen LogP contribution in [0.4, 0.5) is 0 Å². The highest BCUT2D eigenvalue weighted by atomic mass is 32.2. The summed E-state index contributed by atoms with van der Waals surface area (Å²) in [6.07, 6.45) is 1.26. The molecule has 2 aromatic rings. The zero-order valence-electron chi connectivity index (χ0n) is 10.7. The quantitative estimate of drug-likeness (QED) is 0.905. The Hall–Kier alpha value is -1.95. The summed E-state index contributed by atoms with van der Waals surface area (Å²) in [5.41, 5.74) is 1.48. The van der Waals surface area contributed by atoms with E-state index >= 15 is 0 Å². The maximum absolute atomic E-state index is 10.9. The van der Waals surface area contributed by atoms with Gasteiger partial charge in [-0.2, -0.15) is 16.9 Å². The lowest BCUT2D eigenvalue weighted by Gasteiger charge is -2.14. The number of aromatic nitrogens is 2. The lowest BCUT2D eigenvalue weighted by Crippen LogP contribution is -2.15. The molecule has 0 saturated carbocycles. The van der Waals surface area contributed by atoms with Crippen LogP contribution < -0.4 is 4.74 Å². The number of thioether (sulfide) groups is 1. The van der Waals surface area contributed by atoms with Crippen LogP contribution in [0.3, 0.4) is 0 Å². The Morgan fingerprint density at radius 2 is 2.30 bits per heavy atom. The zero-order chi connectivity index (χ0) is 13.9. The summed E-state index contributed by atoms with van der Waals surface area (Å²) in [5.74, 6) is 1.85. The van der Waals surface area contributed by atoms with Crippen molar-refractivity contribution in [3.05, 3.63) is 36.0 Å². The molecule has 2 N–H and O–H groups in total. The minimum absolute atomic E-state index is 0.0752. The fourth-order valence-corrected chi connectivity index (χ4v) is 3.23. The number of rotatable bonds is 4. The minimum atomic E-state index is -1.02. The molecule has 0 spiro atoms. The van der Waals surface area contributed by atoms with E-state index in [1.807, 2.05) is 36.0 Å². The molecule has 0 aliphatic carbocycles. The monoisotopic (exact) mass is 290 g/mol. The SMILES string of the molecule is O=C(O)c1cc(-c2ccccc2OC2CCSC2)n[nH]1. The second-order valence-corrected chi connectivity index (χ2v) is 5.72. The van der Waals surface area contributed by atoms with Gasteiger partial charge in [0.15, 0.2) is 0 Å². The summed E-state index contributed by atoms with van der Waals surface area (Å²) in [7, 11) is 0. The average molecular weight is 290 g/mol. The summed E-state index contributed by atoms with van der Waals surface area (Å²) in [6, 6.07) is 9.10. The summed E-state index contributed by atoms with van der Waals surface area (Å²) >= 11 is 1.89. The van der Waals surface area contributed by atoms with Crippen LogP contribution in [-0.2, 0) is 0 Å². The smallest absolute Gasteiger partial charge is 0.353 e. The Labute approximate surface area is 120 Å². The maximum atomic E-state index is 10.9. The Bertz CT molecular complexity index is 620. The molecule has 6 heteroatoms. The van der Waals surface area contributed by atoms with Gasteiger partial charge in [0.05, 0.1) is 5.69 Å². The van der Waals surface area contributed by atoms with E-state index in [1.165, 1.54) is 6.07 Å². The molecular weight excluding hydrogens is 276 g/mol. The maximum Gasteiger partial charge on any atom is 0.353 e. The van der Waals surface area contributed by atoms with Gasteiger partial charge in [0.25, 0.3) is 0 Å². The number of aromatic amines is 1. The first kappa shape index (κ1) is 13.1. The van der Waals surface area contributed by atoms with Crippen molar-refractivity contribution in [2.75, 3.05) is 11.5 Å². The normalized spacial score (nSPS) is 18.1. The van der Waals surface area contributed by atoms with Crippen LogP contribution in [0, 0.1) is 0 Å². The number of carbonyl (C=O) groups is 1. The van der Waals surface area contributed by atoms with Gasteiger partial charge in [-0.05, 0) is 30.4 Å².